The number of piperidine rings is 1. The van der Waals surface area contributed by atoms with Crippen LogP contribution in [0, 0.1) is 0 Å². The lowest BCUT2D eigenvalue weighted by Crippen LogP contribution is -2.38. The van der Waals surface area contributed by atoms with Crippen molar-refractivity contribution in [1.29, 1.82) is 0 Å². The highest BCUT2D eigenvalue weighted by Gasteiger charge is 2.31. The molecule has 25 heavy (non-hydrogen) atoms. The van der Waals surface area contributed by atoms with Crippen molar-refractivity contribution in [2.75, 3.05) is 25.0 Å². The Labute approximate surface area is 153 Å². The van der Waals surface area contributed by atoms with E-state index in [4.69, 9.17) is 0 Å². The zero-order valence-corrected chi connectivity index (χ0v) is 15.6. The third-order valence-corrected chi connectivity index (χ3v) is 6.85. The van der Waals surface area contributed by atoms with Crippen LogP contribution >= 0.6 is 11.3 Å². The lowest BCUT2D eigenvalue weighted by atomic mass is 9.94. The SMILES string of the molecule is O=C(Nc1sc2c(c1C(=O)N1CCCCC1)CCCC2)C1CCCN1. The van der Waals surface area contributed by atoms with Gasteiger partial charge in [-0.15, -0.1) is 11.3 Å². The first kappa shape index (κ1) is 17.0. The Kier molecular flexibility index (Phi) is 5.08. The average molecular weight is 362 g/mol. The van der Waals surface area contributed by atoms with Crippen LogP contribution in [-0.2, 0) is 17.6 Å². The van der Waals surface area contributed by atoms with E-state index in [0.717, 1.165) is 75.1 Å². The summed E-state index contributed by atoms with van der Waals surface area (Å²) in [6.45, 7) is 2.60. The predicted octanol–water partition coefficient (Wildman–Crippen LogP) is 2.94. The van der Waals surface area contributed by atoms with Crippen molar-refractivity contribution in [2.45, 2.75) is 63.8 Å². The molecule has 3 aliphatic rings. The van der Waals surface area contributed by atoms with Gasteiger partial charge in [-0.25, -0.2) is 0 Å². The second-order valence-electron chi connectivity index (χ2n) is 7.41. The molecular formula is C19H27N3O2S. The molecule has 6 heteroatoms. The van der Waals surface area contributed by atoms with E-state index in [9.17, 15) is 9.59 Å². The first-order valence-corrected chi connectivity index (χ1v) is 10.5. The van der Waals surface area contributed by atoms with Gasteiger partial charge in [0.2, 0.25) is 5.91 Å². The van der Waals surface area contributed by atoms with Crippen LogP contribution < -0.4 is 10.6 Å². The number of fused-ring (bicyclic) bond motifs is 1. The molecule has 5 nitrogen and oxygen atoms in total. The maximum atomic E-state index is 13.2. The summed E-state index contributed by atoms with van der Waals surface area (Å²) in [7, 11) is 0. The largest absolute Gasteiger partial charge is 0.339 e. The fourth-order valence-corrected chi connectivity index (χ4v) is 5.53. The highest BCUT2D eigenvalue weighted by atomic mass is 32.1. The second kappa shape index (κ2) is 7.46. The van der Waals surface area contributed by atoms with Crippen LogP contribution in [0.3, 0.4) is 0 Å². The fourth-order valence-electron chi connectivity index (χ4n) is 4.24. The van der Waals surface area contributed by atoms with Gasteiger partial charge in [0, 0.05) is 18.0 Å². The number of thiophene rings is 1. The zero-order chi connectivity index (χ0) is 17.2. The maximum Gasteiger partial charge on any atom is 0.257 e. The van der Waals surface area contributed by atoms with E-state index in [1.54, 1.807) is 11.3 Å². The summed E-state index contributed by atoms with van der Waals surface area (Å²) in [5, 5.41) is 7.14. The Morgan fingerprint density at radius 1 is 1.04 bits per heavy atom. The Hall–Kier alpha value is -1.40. The number of carbonyl (C=O) groups is 2. The topological polar surface area (TPSA) is 61.4 Å². The van der Waals surface area contributed by atoms with Crippen molar-refractivity contribution in [3.8, 4) is 0 Å². The molecule has 0 radical (unpaired) electrons. The summed E-state index contributed by atoms with van der Waals surface area (Å²) in [5.74, 6) is 0.151. The number of carbonyl (C=O) groups excluding carboxylic acids is 2. The van der Waals surface area contributed by atoms with E-state index < -0.39 is 0 Å². The Bertz CT molecular complexity index is 658. The van der Waals surface area contributed by atoms with Gasteiger partial charge in [0.15, 0.2) is 0 Å². The van der Waals surface area contributed by atoms with Crippen molar-refractivity contribution in [1.82, 2.24) is 10.2 Å². The molecule has 2 fully saturated rings. The van der Waals surface area contributed by atoms with E-state index in [0.29, 0.717) is 0 Å². The van der Waals surface area contributed by atoms with Gasteiger partial charge in [0.05, 0.1) is 11.6 Å². The quantitative estimate of drug-likeness (QED) is 0.870. The third kappa shape index (κ3) is 3.47. The lowest BCUT2D eigenvalue weighted by Gasteiger charge is -2.27. The Morgan fingerprint density at radius 3 is 2.60 bits per heavy atom. The summed E-state index contributed by atoms with van der Waals surface area (Å²) >= 11 is 1.63. The van der Waals surface area contributed by atoms with Gasteiger partial charge in [0.25, 0.3) is 5.91 Å². The summed E-state index contributed by atoms with van der Waals surface area (Å²) in [6.07, 6.45) is 9.64. The minimum absolute atomic E-state index is 0.0174. The van der Waals surface area contributed by atoms with Crippen molar-refractivity contribution in [3.05, 3.63) is 16.0 Å². The summed E-state index contributed by atoms with van der Waals surface area (Å²) in [6, 6.07) is -0.114. The number of amides is 2. The molecule has 1 unspecified atom stereocenters. The van der Waals surface area contributed by atoms with Crippen molar-refractivity contribution in [2.24, 2.45) is 0 Å². The molecule has 2 N–H and O–H groups in total. The smallest absolute Gasteiger partial charge is 0.257 e. The van der Waals surface area contributed by atoms with Crippen LogP contribution in [0.5, 0.6) is 0 Å². The van der Waals surface area contributed by atoms with E-state index >= 15 is 0 Å². The summed E-state index contributed by atoms with van der Waals surface area (Å²) in [4.78, 5) is 29.1. The van der Waals surface area contributed by atoms with Gasteiger partial charge in [-0.2, -0.15) is 0 Å². The van der Waals surface area contributed by atoms with Gasteiger partial charge in [-0.1, -0.05) is 0 Å². The second-order valence-corrected chi connectivity index (χ2v) is 8.51. The van der Waals surface area contributed by atoms with E-state index in [1.165, 1.54) is 23.3 Å². The Morgan fingerprint density at radius 2 is 1.84 bits per heavy atom. The molecule has 0 bridgehead atoms. The molecule has 1 aliphatic carbocycles. The monoisotopic (exact) mass is 361 g/mol. The number of hydrogen-bond donors (Lipinski definition) is 2. The normalized spacial score (nSPS) is 23.4. The minimum Gasteiger partial charge on any atom is -0.339 e. The Balaban J connectivity index is 1.62. The number of hydrogen-bond acceptors (Lipinski definition) is 4. The van der Waals surface area contributed by atoms with Gasteiger partial charge >= 0.3 is 0 Å². The first-order chi connectivity index (χ1) is 12.2. The lowest BCUT2D eigenvalue weighted by molar-refractivity contribution is -0.117. The van der Waals surface area contributed by atoms with Crippen molar-refractivity contribution in [3.63, 3.8) is 0 Å². The van der Waals surface area contributed by atoms with Crippen LogP contribution in [0.4, 0.5) is 5.00 Å². The number of likely N-dealkylation sites (tertiary alicyclic amines) is 1. The molecule has 1 atom stereocenters. The predicted molar refractivity (Wildman–Crippen MR) is 100 cm³/mol. The molecule has 0 spiro atoms. The summed E-state index contributed by atoms with van der Waals surface area (Å²) < 4.78 is 0. The molecule has 0 aromatic carbocycles. The van der Waals surface area contributed by atoms with Crippen LogP contribution in [0.25, 0.3) is 0 Å². The highest BCUT2D eigenvalue weighted by molar-refractivity contribution is 7.17. The number of anilines is 1. The van der Waals surface area contributed by atoms with Crippen molar-refractivity contribution < 1.29 is 9.59 Å². The molecule has 136 valence electrons. The maximum absolute atomic E-state index is 13.2. The van der Waals surface area contributed by atoms with E-state index in [2.05, 4.69) is 10.6 Å². The average Bonchev–Trinajstić information content (AvgIpc) is 3.29. The molecule has 1 aromatic rings. The van der Waals surface area contributed by atoms with E-state index in [1.807, 2.05) is 4.90 Å². The van der Waals surface area contributed by atoms with E-state index in [-0.39, 0.29) is 17.9 Å². The van der Waals surface area contributed by atoms with Crippen molar-refractivity contribution >= 4 is 28.2 Å². The highest BCUT2D eigenvalue weighted by Crippen LogP contribution is 2.39. The molecule has 3 heterocycles. The molecule has 2 amide bonds. The molecular weight excluding hydrogens is 334 g/mol. The number of aryl methyl sites for hydroxylation is 1. The van der Waals surface area contributed by atoms with Crippen LogP contribution in [-0.4, -0.2) is 42.4 Å². The molecule has 4 rings (SSSR count). The molecule has 0 saturated carbocycles. The molecule has 2 aliphatic heterocycles. The van der Waals surface area contributed by atoms with Crippen LogP contribution in [0.15, 0.2) is 0 Å². The third-order valence-electron chi connectivity index (χ3n) is 5.64. The van der Waals surface area contributed by atoms with Gasteiger partial charge in [0.1, 0.15) is 5.00 Å². The minimum atomic E-state index is -0.114. The van der Waals surface area contributed by atoms with Crippen LogP contribution in [0.2, 0.25) is 0 Å². The molecule has 1 aromatic heterocycles. The zero-order valence-electron chi connectivity index (χ0n) is 14.7. The van der Waals surface area contributed by atoms with Gasteiger partial charge in [-0.05, 0) is 69.9 Å². The van der Waals surface area contributed by atoms with Gasteiger partial charge < -0.3 is 15.5 Å². The molecule has 2 saturated heterocycles. The standard InChI is InChI=1S/C19H27N3O2S/c23-17(14-8-6-10-20-14)21-18-16(13-7-2-3-9-15(13)25-18)19(24)22-11-4-1-5-12-22/h14,20H,1-12H2,(H,21,23). The van der Waals surface area contributed by atoms with Gasteiger partial charge in [-0.3, -0.25) is 9.59 Å². The summed E-state index contributed by atoms with van der Waals surface area (Å²) in [5.41, 5.74) is 2.01. The first-order valence-electron chi connectivity index (χ1n) is 9.72. The van der Waals surface area contributed by atoms with Crippen LogP contribution in [0.1, 0.15) is 65.7 Å². The number of rotatable bonds is 3. The fraction of sp³-hybridized carbons (Fsp3) is 0.684. The number of nitrogens with zero attached hydrogens (tertiary/aromatic N) is 1. The number of nitrogens with one attached hydrogen (secondary N) is 2.